The second-order valence-corrected chi connectivity index (χ2v) is 6.73. The molecule has 2 fully saturated rings. The van der Waals surface area contributed by atoms with Crippen molar-refractivity contribution in [3.63, 3.8) is 0 Å². The first-order valence-electron chi connectivity index (χ1n) is 9.11. The molecule has 1 aromatic carbocycles. The highest BCUT2D eigenvalue weighted by molar-refractivity contribution is 6.35. The van der Waals surface area contributed by atoms with E-state index >= 15 is 0 Å². The second-order valence-electron chi connectivity index (χ2n) is 6.73. The Morgan fingerprint density at radius 1 is 1.15 bits per heavy atom. The van der Waals surface area contributed by atoms with Crippen LogP contribution in [0.15, 0.2) is 24.3 Å². The summed E-state index contributed by atoms with van der Waals surface area (Å²) < 4.78 is 17.0. The van der Waals surface area contributed by atoms with Gasteiger partial charge in [-0.05, 0) is 18.9 Å². The number of amides is 2. The smallest absolute Gasteiger partial charge is 0.309 e. The number of hydrogen-bond acceptors (Lipinski definition) is 5. The largest absolute Gasteiger partial charge is 0.496 e. The summed E-state index contributed by atoms with van der Waals surface area (Å²) in [6.07, 6.45) is 5.00. The minimum Gasteiger partial charge on any atom is -0.496 e. The second kappa shape index (κ2) is 8.51. The first-order chi connectivity index (χ1) is 12.6. The van der Waals surface area contributed by atoms with E-state index in [4.69, 9.17) is 14.2 Å². The number of rotatable bonds is 5. The summed E-state index contributed by atoms with van der Waals surface area (Å²) in [4.78, 5) is 24.0. The molecule has 3 rings (SSSR count). The minimum atomic E-state index is -0.679. The zero-order chi connectivity index (χ0) is 18.4. The maximum Gasteiger partial charge on any atom is 0.309 e. The molecule has 1 heterocycles. The summed E-state index contributed by atoms with van der Waals surface area (Å²) in [6, 6.07) is 7.34. The Bertz CT molecular complexity index is 643. The molecule has 1 saturated carbocycles. The highest BCUT2D eigenvalue weighted by Crippen LogP contribution is 2.37. The molecule has 2 aliphatic rings. The Kier molecular flexibility index (Phi) is 6.11. The number of methoxy groups -OCH3 is 1. The summed E-state index contributed by atoms with van der Waals surface area (Å²) in [5, 5.41) is 5.23. The monoisotopic (exact) mass is 362 g/mol. The van der Waals surface area contributed by atoms with E-state index in [1.807, 2.05) is 18.2 Å². The van der Waals surface area contributed by atoms with Gasteiger partial charge in [0, 0.05) is 31.5 Å². The van der Waals surface area contributed by atoms with Gasteiger partial charge in [-0.15, -0.1) is 0 Å². The highest BCUT2D eigenvalue weighted by atomic mass is 16.7. The Hall–Kier alpha value is -2.12. The number of carbonyl (C=O) groups excluding carboxylic acids is 2. The van der Waals surface area contributed by atoms with E-state index in [0.29, 0.717) is 12.4 Å². The van der Waals surface area contributed by atoms with Gasteiger partial charge in [-0.3, -0.25) is 9.59 Å². The van der Waals surface area contributed by atoms with Crippen LogP contribution in [-0.4, -0.2) is 44.0 Å². The van der Waals surface area contributed by atoms with E-state index in [-0.39, 0.29) is 19.2 Å². The van der Waals surface area contributed by atoms with Crippen LogP contribution in [0.3, 0.4) is 0 Å². The van der Waals surface area contributed by atoms with E-state index in [2.05, 4.69) is 10.6 Å². The van der Waals surface area contributed by atoms with Crippen molar-refractivity contribution in [2.75, 3.05) is 20.3 Å². The highest BCUT2D eigenvalue weighted by Gasteiger charge is 2.42. The van der Waals surface area contributed by atoms with Crippen molar-refractivity contribution in [1.29, 1.82) is 0 Å². The molecule has 0 unspecified atom stereocenters. The van der Waals surface area contributed by atoms with Gasteiger partial charge in [0.1, 0.15) is 11.9 Å². The zero-order valence-electron chi connectivity index (χ0n) is 15.1. The van der Waals surface area contributed by atoms with Crippen molar-refractivity contribution < 1.29 is 23.8 Å². The molecular formula is C19H26N2O5. The van der Waals surface area contributed by atoms with Crippen LogP contribution < -0.4 is 15.4 Å². The van der Waals surface area contributed by atoms with Crippen LogP contribution in [0, 0.1) is 0 Å². The standard InChI is InChI=1S/C19H26N2O5/c1-24-16-8-4-3-7-14(16)11-20-17(22)18(23)21-12-15-13-25-19(26-15)9-5-2-6-10-19/h3-4,7-8,15H,2,5-6,9-13H2,1H3,(H,20,22)(H,21,23)/t15-/m1/s1. The van der Waals surface area contributed by atoms with Crippen LogP contribution in [0.1, 0.15) is 37.7 Å². The van der Waals surface area contributed by atoms with Gasteiger partial charge in [-0.1, -0.05) is 24.6 Å². The van der Waals surface area contributed by atoms with Crippen LogP contribution in [0.4, 0.5) is 0 Å². The fourth-order valence-corrected chi connectivity index (χ4v) is 3.46. The van der Waals surface area contributed by atoms with Crippen molar-refractivity contribution in [3.8, 4) is 5.75 Å². The van der Waals surface area contributed by atoms with E-state index < -0.39 is 17.6 Å². The maximum atomic E-state index is 12.0. The van der Waals surface area contributed by atoms with Crippen LogP contribution >= 0.6 is 0 Å². The molecule has 2 N–H and O–H groups in total. The van der Waals surface area contributed by atoms with Crippen LogP contribution in [0.25, 0.3) is 0 Å². The van der Waals surface area contributed by atoms with Crippen LogP contribution in [-0.2, 0) is 25.6 Å². The minimum absolute atomic E-state index is 0.209. The molecule has 1 saturated heterocycles. The average molecular weight is 362 g/mol. The molecular weight excluding hydrogens is 336 g/mol. The lowest BCUT2D eigenvalue weighted by molar-refractivity contribution is -0.186. The molecule has 142 valence electrons. The lowest BCUT2D eigenvalue weighted by Gasteiger charge is -2.31. The molecule has 1 spiro atoms. The molecule has 2 amide bonds. The fourth-order valence-electron chi connectivity index (χ4n) is 3.46. The average Bonchev–Trinajstić information content (AvgIpc) is 3.07. The van der Waals surface area contributed by atoms with Gasteiger partial charge in [-0.2, -0.15) is 0 Å². The molecule has 7 nitrogen and oxygen atoms in total. The predicted octanol–water partition coefficient (Wildman–Crippen LogP) is 1.50. The third-order valence-electron chi connectivity index (χ3n) is 4.86. The third kappa shape index (κ3) is 4.53. The molecule has 0 radical (unpaired) electrons. The molecule has 1 aliphatic carbocycles. The lowest BCUT2D eigenvalue weighted by Crippen LogP contribution is -2.43. The SMILES string of the molecule is COc1ccccc1CNC(=O)C(=O)NC[C@@H]1COC2(CCCCC2)O1. The van der Waals surface area contributed by atoms with Gasteiger partial charge in [0.15, 0.2) is 5.79 Å². The number of ether oxygens (including phenoxy) is 3. The van der Waals surface area contributed by atoms with E-state index in [9.17, 15) is 9.59 Å². The van der Waals surface area contributed by atoms with Crippen molar-refractivity contribution in [2.45, 2.75) is 50.5 Å². The van der Waals surface area contributed by atoms with Gasteiger partial charge in [0.05, 0.1) is 13.7 Å². The first kappa shape index (κ1) is 18.7. The lowest BCUT2D eigenvalue weighted by atomic mass is 9.94. The molecule has 0 aromatic heterocycles. The molecule has 1 atom stereocenters. The summed E-state index contributed by atoms with van der Waals surface area (Å²) in [5.41, 5.74) is 0.808. The maximum absolute atomic E-state index is 12.0. The molecule has 0 bridgehead atoms. The quantitative estimate of drug-likeness (QED) is 0.776. The number of nitrogens with one attached hydrogen (secondary N) is 2. The van der Waals surface area contributed by atoms with E-state index in [1.54, 1.807) is 13.2 Å². The molecule has 26 heavy (non-hydrogen) atoms. The summed E-state index contributed by atoms with van der Waals surface area (Å²) in [7, 11) is 1.57. The molecule has 1 aliphatic heterocycles. The number of hydrogen-bond donors (Lipinski definition) is 2. The Morgan fingerprint density at radius 3 is 2.65 bits per heavy atom. The van der Waals surface area contributed by atoms with Crippen molar-refractivity contribution in [1.82, 2.24) is 10.6 Å². The van der Waals surface area contributed by atoms with Gasteiger partial charge < -0.3 is 24.8 Å². The Labute approximate surface area is 153 Å². The summed E-state index contributed by atoms with van der Waals surface area (Å²) in [5.74, 6) is -1.16. The molecule has 1 aromatic rings. The fraction of sp³-hybridized carbons (Fsp3) is 0.579. The predicted molar refractivity (Wildman–Crippen MR) is 94.5 cm³/mol. The normalized spacial score (nSPS) is 21.3. The third-order valence-corrected chi connectivity index (χ3v) is 4.86. The summed E-state index contributed by atoms with van der Waals surface area (Å²) in [6.45, 7) is 0.939. The molecule has 7 heteroatoms. The van der Waals surface area contributed by atoms with Gasteiger partial charge in [0.25, 0.3) is 0 Å². The van der Waals surface area contributed by atoms with Gasteiger partial charge in [0.2, 0.25) is 0 Å². The van der Waals surface area contributed by atoms with E-state index in [1.165, 1.54) is 6.42 Å². The van der Waals surface area contributed by atoms with Crippen molar-refractivity contribution >= 4 is 11.8 Å². The van der Waals surface area contributed by atoms with Crippen molar-refractivity contribution in [3.05, 3.63) is 29.8 Å². The zero-order valence-corrected chi connectivity index (χ0v) is 15.1. The number of carbonyl (C=O) groups is 2. The van der Waals surface area contributed by atoms with Gasteiger partial charge >= 0.3 is 11.8 Å². The Balaban J connectivity index is 1.41. The summed E-state index contributed by atoms with van der Waals surface area (Å²) >= 11 is 0. The first-order valence-corrected chi connectivity index (χ1v) is 9.11. The van der Waals surface area contributed by atoms with Crippen molar-refractivity contribution in [2.24, 2.45) is 0 Å². The van der Waals surface area contributed by atoms with Crippen LogP contribution in [0.2, 0.25) is 0 Å². The van der Waals surface area contributed by atoms with Gasteiger partial charge in [-0.25, -0.2) is 0 Å². The Morgan fingerprint density at radius 2 is 1.88 bits per heavy atom. The van der Waals surface area contributed by atoms with Crippen LogP contribution in [0.5, 0.6) is 5.75 Å². The van der Waals surface area contributed by atoms with E-state index in [0.717, 1.165) is 31.2 Å². The number of benzene rings is 1. The number of para-hydroxylation sites is 1. The topological polar surface area (TPSA) is 85.9 Å².